The lowest BCUT2D eigenvalue weighted by Gasteiger charge is -2.16. The van der Waals surface area contributed by atoms with E-state index >= 15 is 0 Å². The molecule has 0 saturated carbocycles. The van der Waals surface area contributed by atoms with E-state index in [0.29, 0.717) is 45.6 Å². The number of rotatable bonds is 10. The van der Waals surface area contributed by atoms with Gasteiger partial charge in [0.1, 0.15) is 0 Å². The predicted molar refractivity (Wildman–Crippen MR) is 136 cm³/mol. The molecule has 0 fully saturated rings. The van der Waals surface area contributed by atoms with Gasteiger partial charge in [0.25, 0.3) is 0 Å². The van der Waals surface area contributed by atoms with Gasteiger partial charge < -0.3 is 29.4 Å². The molecule has 0 radical (unpaired) electrons. The molecule has 0 aromatic heterocycles. The number of nitrogens with two attached hydrogens (primary N) is 1. The SMILES string of the molecule is COc1cc(/C=C\c2ccc(OC)c(OC)c2CS(=O)(=O)c2ccc(N)cc2)cc(OC)c1OC. The van der Waals surface area contributed by atoms with Crippen molar-refractivity contribution in [1.29, 1.82) is 0 Å². The number of sulfone groups is 1. The van der Waals surface area contributed by atoms with Crippen LogP contribution in [0.2, 0.25) is 0 Å². The van der Waals surface area contributed by atoms with E-state index in [1.165, 1.54) is 33.5 Å². The Morgan fingerprint density at radius 3 is 1.80 bits per heavy atom. The van der Waals surface area contributed by atoms with Crippen molar-refractivity contribution in [2.75, 3.05) is 41.3 Å². The van der Waals surface area contributed by atoms with Crippen molar-refractivity contribution >= 4 is 27.7 Å². The van der Waals surface area contributed by atoms with E-state index in [1.54, 1.807) is 56.7 Å². The van der Waals surface area contributed by atoms with Crippen molar-refractivity contribution in [1.82, 2.24) is 0 Å². The average molecular weight is 500 g/mol. The molecule has 9 heteroatoms. The molecule has 0 amide bonds. The molecule has 0 heterocycles. The number of methoxy groups -OCH3 is 5. The van der Waals surface area contributed by atoms with Crippen molar-refractivity contribution in [2.24, 2.45) is 0 Å². The zero-order valence-corrected chi connectivity index (χ0v) is 21.1. The van der Waals surface area contributed by atoms with Crippen LogP contribution >= 0.6 is 0 Å². The molecule has 0 aliphatic heterocycles. The monoisotopic (exact) mass is 499 g/mol. The maximum Gasteiger partial charge on any atom is 0.203 e. The first-order valence-corrected chi connectivity index (χ1v) is 12.2. The van der Waals surface area contributed by atoms with E-state index in [4.69, 9.17) is 29.4 Å². The summed E-state index contributed by atoms with van der Waals surface area (Å²) in [5, 5.41) is 0. The van der Waals surface area contributed by atoms with E-state index in [2.05, 4.69) is 0 Å². The normalized spacial score (nSPS) is 11.3. The lowest BCUT2D eigenvalue weighted by Crippen LogP contribution is -2.08. The molecule has 0 aliphatic rings. The number of anilines is 1. The molecule has 3 rings (SSSR count). The smallest absolute Gasteiger partial charge is 0.203 e. The Bertz CT molecular complexity index is 1290. The summed E-state index contributed by atoms with van der Waals surface area (Å²) < 4.78 is 53.7. The number of benzene rings is 3. The standard InChI is InChI=1S/C26H29NO7S/c1-30-22-13-8-18(7-6-17-14-23(31-2)26(34-5)24(15-17)32-3)21(25(22)33-4)16-35(28,29)20-11-9-19(27)10-12-20/h6-15H,16,27H2,1-5H3/b7-6-. The van der Waals surface area contributed by atoms with Crippen LogP contribution < -0.4 is 29.4 Å². The van der Waals surface area contributed by atoms with Crippen LogP contribution in [0.1, 0.15) is 16.7 Å². The third-order valence-corrected chi connectivity index (χ3v) is 7.06. The molecule has 0 bridgehead atoms. The van der Waals surface area contributed by atoms with Gasteiger partial charge in [-0.25, -0.2) is 8.42 Å². The molecule has 0 saturated heterocycles. The lowest BCUT2D eigenvalue weighted by atomic mass is 10.0. The molecule has 0 atom stereocenters. The minimum Gasteiger partial charge on any atom is -0.493 e. The molecule has 0 spiro atoms. The maximum atomic E-state index is 13.2. The number of nitrogen functional groups attached to an aromatic ring is 1. The van der Waals surface area contributed by atoms with E-state index in [9.17, 15) is 8.42 Å². The Hall–Kier alpha value is -3.85. The maximum absolute atomic E-state index is 13.2. The fourth-order valence-corrected chi connectivity index (χ4v) is 5.04. The van der Waals surface area contributed by atoms with E-state index in [1.807, 2.05) is 6.08 Å². The summed E-state index contributed by atoms with van der Waals surface area (Å²) in [4.78, 5) is 0.163. The van der Waals surface area contributed by atoms with E-state index in [-0.39, 0.29) is 10.6 Å². The van der Waals surface area contributed by atoms with E-state index in [0.717, 1.165) is 5.56 Å². The molecule has 8 nitrogen and oxygen atoms in total. The van der Waals surface area contributed by atoms with Crippen LogP contribution in [0, 0.1) is 0 Å². The van der Waals surface area contributed by atoms with Crippen LogP contribution in [-0.2, 0) is 15.6 Å². The van der Waals surface area contributed by atoms with Crippen molar-refractivity contribution in [3.05, 3.63) is 65.2 Å². The van der Waals surface area contributed by atoms with Gasteiger partial charge in [0.05, 0.1) is 46.2 Å². The molecule has 0 unspecified atom stereocenters. The quantitative estimate of drug-likeness (QED) is 0.322. The van der Waals surface area contributed by atoms with Gasteiger partial charge >= 0.3 is 0 Å². The fraction of sp³-hybridized carbons (Fsp3) is 0.231. The zero-order valence-electron chi connectivity index (χ0n) is 20.3. The average Bonchev–Trinajstić information content (AvgIpc) is 2.86. The van der Waals surface area contributed by atoms with Crippen molar-refractivity contribution in [3.8, 4) is 28.7 Å². The summed E-state index contributed by atoms with van der Waals surface area (Å²) >= 11 is 0. The number of hydrogen-bond donors (Lipinski definition) is 1. The first kappa shape index (κ1) is 25.8. The van der Waals surface area contributed by atoms with Gasteiger partial charge in [-0.15, -0.1) is 0 Å². The molecule has 35 heavy (non-hydrogen) atoms. The molecular weight excluding hydrogens is 470 g/mol. The van der Waals surface area contributed by atoms with E-state index < -0.39 is 9.84 Å². The Labute approximate surface area is 205 Å². The molecule has 186 valence electrons. The van der Waals surface area contributed by atoms with Gasteiger partial charge in [0, 0.05) is 11.3 Å². The highest BCUT2D eigenvalue weighted by Gasteiger charge is 2.22. The van der Waals surface area contributed by atoms with Gasteiger partial charge in [-0.05, 0) is 53.6 Å². The summed E-state index contributed by atoms with van der Waals surface area (Å²) in [6, 6.07) is 13.2. The Morgan fingerprint density at radius 2 is 1.29 bits per heavy atom. The highest BCUT2D eigenvalue weighted by Crippen LogP contribution is 2.40. The van der Waals surface area contributed by atoms with Crippen LogP contribution in [0.3, 0.4) is 0 Å². The Kier molecular flexibility index (Phi) is 8.14. The van der Waals surface area contributed by atoms with Crippen LogP contribution in [-0.4, -0.2) is 44.0 Å². The topological polar surface area (TPSA) is 106 Å². The molecule has 2 N–H and O–H groups in total. The van der Waals surface area contributed by atoms with Gasteiger partial charge in [0.15, 0.2) is 32.8 Å². The molecule has 3 aromatic carbocycles. The second kappa shape index (κ2) is 11.1. The second-order valence-electron chi connectivity index (χ2n) is 7.49. The summed E-state index contributed by atoms with van der Waals surface area (Å²) in [7, 11) is 3.89. The van der Waals surface area contributed by atoms with Crippen molar-refractivity contribution in [3.63, 3.8) is 0 Å². The van der Waals surface area contributed by atoms with Crippen LogP contribution in [0.4, 0.5) is 5.69 Å². The molecular formula is C26H29NO7S. The Balaban J connectivity index is 2.10. The fourth-order valence-electron chi connectivity index (χ4n) is 3.64. The van der Waals surface area contributed by atoms with Crippen molar-refractivity contribution < 1.29 is 32.1 Å². The van der Waals surface area contributed by atoms with Gasteiger partial charge in [-0.3, -0.25) is 0 Å². The lowest BCUT2D eigenvalue weighted by molar-refractivity contribution is 0.324. The largest absolute Gasteiger partial charge is 0.493 e. The minimum atomic E-state index is -3.70. The van der Waals surface area contributed by atoms with Crippen LogP contribution in [0.15, 0.2) is 53.4 Å². The van der Waals surface area contributed by atoms with Crippen molar-refractivity contribution in [2.45, 2.75) is 10.6 Å². The summed E-state index contributed by atoms with van der Waals surface area (Å²) in [5.41, 5.74) is 8.08. The van der Waals surface area contributed by atoms with Gasteiger partial charge in [-0.1, -0.05) is 18.2 Å². The number of hydrogen-bond acceptors (Lipinski definition) is 8. The molecule has 3 aromatic rings. The highest BCUT2D eigenvalue weighted by atomic mass is 32.2. The summed E-state index contributed by atoms with van der Waals surface area (Å²) in [5.74, 6) is 1.97. The minimum absolute atomic E-state index is 0.163. The third kappa shape index (κ3) is 5.63. The number of ether oxygens (including phenoxy) is 5. The first-order valence-electron chi connectivity index (χ1n) is 10.6. The zero-order chi connectivity index (χ0) is 25.6. The highest BCUT2D eigenvalue weighted by molar-refractivity contribution is 7.90. The van der Waals surface area contributed by atoms with Crippen LogP contribution in [0.25, 0.3) is 12.2 Å². The summed E-state index contributed by atoms with van der Waals surface area (Å²) in [6.45, 7) is 0. The molecule has 0 aliphatic carbocycles. The van der Waals surface area contributed by atoms with Gasteiger partial charge in [-0.2, -0.15) is 0 Å². The predicted octanol–water partition coefficient (Wildman–Crippen LogP) is 4.46. The van der Waals surface area contributed by atoms with Gasteiger partial charge in [0.2, 0.25) is 5.75 Å². The third-order valence-electron chi connectivity index (χ3n) is 5.40. The summed E-state index contributed by atoms with van der Waals surface area (Å²) in [6.07, 6.45) is 3.63. The second-order valence-corrected chi connectivity index (χ2v) is 9.48. The first-order chi connectivity index (χ1) is 16.8. The Morgan fingerprint density at radius 1 is 0.714 bits per heavy atom. The van der Waals surface area contributed by atoms with Crippen LogP contribution in [0.5, 0.6) is 28.7 Å².